The van der Waals surface area contributed by atoms with Gasteiger partial charge in [-0.15, -0.1) is 0 Å². The molecule has 0 aromatic carbocycles. The number of aliphatic hydroxyl groups is 1. The van der Waals surface area contributed by atoms with Crippen LogP contribution in [-0.2, 0) is 32.7 Å². The molecule has 0 aromatic rings. The molecule has 2 aliphatic heterocycles. The molecule has 0 aromatic heterocycles. The number of aliphatic hydroxyl groups excluding tert-OH is 1. The molecule has 0 unspecified atom stereocenters. The van der Waals surface area contributed by atoms with Crippen molar-refractivity contribution in [3.05, 3.63) is 0 Å². The van der Waals surface area contributed by atoms with Crippen molar-refractivity contribution in [2.24, 2.45) is 5.41 Å². The van der Waals surface area contributed by atoms with Crippen LogP contribution in [0.5, 0.6) is 0 Å². The summed E-state index contributed by atoms with van der Waals surface area (Å²) in [4.78, 5) is 0. The van der Waals surface area contributed by atoms with Gasteiger partial charge in [-0.3, -0.25) is 0 Å². The molecule has 2 heterocycles. The van der Waals surface area contributed by atoms with Crippen molar-refractivity contribution in [2.75, 3.05) is 26.2 Å². The largest absolute Gasteiger partial charge is 0.394 e. The van der Waals surface area contributed by atoms with Gasteiger partial charge in [0.05, 0.1) is 0 Å². The Kier molecular flexibility index (Phi) is 6.15. The van der Waals surface area contributed by atoms with Crippen LogP contribution in [0.4, 0.5) is 0 Å². The van der Waals surface area contributed by atoms with E-state index in [1.165, 1.54) is 5.06 Å². The molecule has 5 heteroatoms. The molecule has 0 aliphatic carbocycles. The molecule has 1 radical (unpaired) electrons. The quantitative estimate of drug-likeness (QED) is 0.560. The van der Waals surface area contributed by atoms with Gasteiger partial charge in [0.15, 0.2) is 0 Å². The minimum Gasteiger partial charge on any atom is -0.394 e. The van der Waals surface area contributed by atoms with E-state index in [2.05, 4.69) is 5.32 Å². The van der Waals surface area contributed by atoms with Crippen LogP contribution in [0.1, 0.15) is 13.8 Å². The van der Waals surface area contributed by atoms with Crippen molar-refractivity contribution in [3.8, 4) is 0 Å². The van der Waals surface area contributed by atoms with E-state index in [-0.39, 0.29) is 38.8 Å². The Bertz CT molecular complexity index is 140. The van der Waals surface area contributed by atoms with E-state index in [0.717, 1.165) is 26.2 Å². The van der Waals surface area contributed by atoms with Crippen LogP contribution in [-0.4, -0.2) is 47.7 Å². The van der Waals surface area contributed by atoms with Crippen molar-refractivity contribution in [3.63, 3.8) is 0 Å². The summed E-state index contributed by atoms with van der Waals surface area (Å²) in [5.41, 5.74) is 0.481. The fraction of sp³-hybridized carbons (Fsp3) is 1.00. The maximum atomic E-state index is 8.75. The molecule has 13 heavy (non-hydrogen) atoms. The van der Waals surface area contributed by atoms with Crippen molar-refractivity contribution < 1.29 is 43.0 Å². The van der Waals surface area contributed by atoms with Crippen LogP contribution in [0.3, 0.4) is 0 Å². The Labute approximate surface area is 105 Å². The monoisotopic (exact) mass is 263 g/mol. The SMILES string of the molecule is CC(C)O.ON1CC2(CNC2)C1.[Y]. The molecule has 0 saturated carbocycles. The summed E-state index contributed by atoms with van der Waals surface area (Å²) in [7, 11) is 0. The van der Waals surface area contributed by atoms with Crippen molar-refractivity contribution in [2.45, 2.75) is 20.0 Å². The number of nitrogens with zero attached hydrogens (tertiary/aromatic N) is 1. The normalized spacial score (nSPS) is 23.8. The van der Waals surface area contributed by atoms with E-state index in [1.54, 1.807) is 13.8 Å². The second-order valence-electron chi connectivity index (χ2n) is 4.02. The third-order valence-electron chi connectivity index (χ3n) is 2.04. The average molecular weight is 263 g/mol. The van der Waals surface area contributed by atoms with Gasteiger partial charge in [-0.1, -0.05) is 0 Å². The van der Waals surface area contributed by atoms with E-state index in [9.17, 15) is 0 Å². The van der Waals surface area contributed by atoms with Gasteiger partial charge in [0.25, 0.3) is 0 Å². The molecule has 2 fully saturated rings. The van der Waals surface area contributed by atoms with Crippen LogP contribution in [0, 0.1) is 5.41 Å². The van der Waals surface area contributed by atoms with Crippen LogP contribution in [0.15, 0.2) is 0 Å². The first-order valence-corrected chi connectivity index (χ1v) is 4.37. The number of rotatable bonds is 0. The number of hydroxylamine groups is 2. The summed E-state index contributed by atoms with van der Waals surface area (Å²) in [5, 5.41) is 21.4. The third kappa shape index (κ3) is 4.32. The summed E-state index contributed by atoms with van der Waals surface area (Å²) in [6, 6.07) is 0. The first kappa shape index (κ1) is 13.9. The zero-order valence-corrected chi connectivity index (χ0v) is 11.2. The molecule has 2 aliphatic rings. The molecular formula is C8H18N2O2Y. The average Bonchev–Trinajstić information content (AvgIpc) is 1.74. The Balaban J connectivity index is 0.000000256. The summed E-state index contributed by atoms with van der Waals surface area (Å²) in [5.74, 6) is 0. The van der Waals surface area contributed by atoms with Crippen LogP contribution < -0.4 is 5.32 Å². The Morgan fingerprint density at radius 1 is 1.31 bits per heavy atom. The second kappa shape index (κ2) is 5.73. The Morgan fingerprint density at radius 2 is 1.69 bits per heavy atom. The second-order valence-corrected chi connectivity index (χ2v) is 4.02. The molecule has 4 nitrogen and oxygen atoms in total. The maximum Gasteiger partial charge on any atom is 0.0483 e. The summed E-state index contributed by atoms with van der Waals surface area (Å²) in [6.07, 6.45) is -0.167. The smallest absolute Gasteiger partial charge is 0.0483 e. The molecule has 1 spiro atoms. The van der Waals surface area contributed by atoms with Gasteiger partial charge < -0.3 is 15.6 Å². The zero-order chi connectivity index (χ0) is 9.19. The molecule has 2 rings (SSSR count). The van der Waals surface area contributed by atoms with Crippen LogP contribution in [0.2, 0.25) is 0 Å². The van der Waals surface area contributed by atoms with Crippen LogP contribution >= 0.6 is 0 Å². The molecule has 0 amide bonds. The first-order chi connectivity index (χ1) is 5.54. The number of hydrogen-bond acceptors (Lipinski definition) is 4. The van der Waals surface area contributed by atoms with Gasteiger partial charge in [0.2, 0.25) is 0 Å². The molecule has 0 bridgehead atoms. The van der Waals surface area contributed by atoms with Crippen molar-refractivity contribution in [1.29, 1.82) is 0 Å². The summed E-state index contributed by atoms with van der Waals surface area (Å²) in [6.45, 7) is 7.40. The Hall–Kier alpha value is 0.944. The van der Waals surface area contributed by atoms with Crippen molar-refractivity contribution in [1.82, 2.24) is 10.4 Å². The van der Waals surface area contributed by atoms with Gasteiger partial charge in [-0.05, 0) is 13.8 Å². The minimum atomic E-state index is -0.167. The van der Waals surface area contributed by atoms with Crippen LogP contribution in [0.25, 0.3) is 0 Å². The van der Waals surface area contributed by atoms with E-state index >= 15 is 0 Å². The zero-order valence-electron chi connectivity index (χ0n) is 8.32. The molecular weight excluding hydrogens is 245 g/mol. The van der Waals surface area contributed by atoms with E-state index in [0.29, 0.717) is 5.41 Å². The number of hydrogen-bond donors (Lipinski definition) is 3. The molecule has 3 N–H and O–H groups in total. The molecule has 2 saturated heterocycles. The van der Waals surface area contributed by atoms with E-state index in [4.69, 9.17) is 10.3 Å². The van der Waals surface area contributed by atoms with Gasteiger partial charge in [-0.2, -0.15) is 5.06 Å². The fourth-order valence-corrected chi connectivity index (χ4v) is 1.43. The predicted molar refractivity (Wildman–Crippen MR) is 46.0 cm³/mol. The standard InChI is InChI=1S/C5H10N2O.C3H8O.Y/c8-7-3-5(4-7)1-6-2-5;1-3(2)4;/h6,8H,1-4H2;3-4H,1-2H3;. The van der Waals surface area contributed by atoms with E-state index in [1.807, 2.05) is 0 Å². The van der Waals surface area contributed by atoms with Gasteiger partial charge in [0.1, 0.15) is 0 Å². The van der Waals surface area contributed by atoms with Gasteiger partial charge >= 0.3 is 0 Å². The van der Waals surface area contributed by atoms with Crippen molar-refractivity contribution >= 4 is 0 Å². The first-order valence-electron chi connectivity index (χ1n) is 4.37. The van der Waals surface area contributed by atoms with E-state index < -0.39 is 0 Å². The summed E-state index contributed by atoms with van der Waals surface area (Å²) >= 11 is 0. The third-order valence-corrected chi connectivity index (χ3v) is 2.04. The fourth-order valence-electron chi connectivity index (χ4n) is 1.43. The predicted octanol–water partition coefficient (Wildman–Crippen LogP) is -0.335. The molecule has 75 valence electrons. The topological polar surface area (TPSA) is 55.7 Å². The number of nitrogens with one attached hydrogen (secondary N) is 1. The van der Waals surface area contributed by atoms with Gasteiger partial charge in [-0.25, -0.2) is 0 Å². The minimum absolute atomic E-state index is 0. The summed E-state index contributed by atoms with van der Waals surface area (Å²) < 4.78 is 0. The Morgan fingerprint density at radius 3 is 1.77 bits per heavy atom. The molecule has 0 atom stereocenters. The van der Waals surface area contributed by atoms with Gasteiger partial charge in [0, 0.05) is 70.4 Å². The maximum absolute atomic E-state index is 8.75.